The Morgan fingerprint density at radius 2 is 1.73 bits per heavy atom. The van der Waals surface area contributed by atoms with Gasteiger partial charge in [-0.1, -0.05) is 18.2 Å². The number of hydrogen-bond acceptors (Lipinski definition) is 3. The van der Waals surface area contributed by atoms with Gasteiger partial charge >= 0.3 is 5.97 Å². The first kappa shape index (κ1) is 15.8. The third kappa shape index (κ3) is 2.48. The SMILES string of the molecule is O=C(O)c1ncc2c(cc(-c3ccc(F)cc3)n2-c2ccccc2)c1O. The fourth-order valence-electron chi connectivity index (χ4n) is 3.00. The van der Waals surface area contributed by atoms with Crippen molar-refractivity contribution in [2.75, 3.05) is 0 Å². The summed E-state index contributed by atoms with van der Waals surface area (Å²) in [4.78, 5) is 15.1. The lowest BCUT2D eigenvalue weighted by Gasteiger charge is -2.11. The normalized spacial score (nSPS) is 11.0. The Balaban J connectivity index is 2.08. The second-order valence-corrected chi connectivity index (χ2v) is 5.77. The minimum atomic E-state index is -1.31. The Kier molecular flexibility index (Phi) is 3.65. The molecule has 2 aromatic carbocycles. The number of pyridine rings is 1. The molecule has 4 aromatic rings. The van der Waals surface area contributed by atoms with Crippen LogP contribution in [0.5, 0.6) is 5.75 Å². The molecular weight excluding hydrogens is 335 g/mol. The average Bonchev–Trinajstić information content (AvgIpc) is 3.03. The van der Waals surface area contributed by atoms with Gasteiger partial charge in [0.1, 0.15) is 5.82 Å². The number of para-hydroxylation sites is 1. The van der Waals surface area contributed by atoms with E-state index >= 15 is 0 Å². The van der Waals surface area contributed by atoms with Crippen LogP contribution < -0.4 is 0 Å². The minimum Gasteiger partial charge on any atom is -0.505 e. The number of rotatable bonds is 3. The van der Waals surface area contributed by atoms with Crippen molar-refractivity contribution in [2.24, 2.45) is 0 Å². The monoisotopic (exact) mass is 348 g/mol. The Bertz CT molecular complexity index is 1120. The average molecular weight is 348 g/mol. The van der Waals surface area contributed by atoms with Crippen LogP contribution in [0.3, 0.4) is 0 Å². The van der Waals surface area contributed by atoms with E-state index in [2.05, 4.69) is 4.98 Å². The lowest BCUT2D eigenvalue weighted by molar-refractivity contribution is 0.0687. The number of carbonyl (C=O) groups is 1. The second-order valence-electron chi connectivity index (χ2n) is 5.77. The van der Waals surface area contributed by atoms with E-state index in [0.717, 1.165) is 11.3 Å². The van der Waals surface area contributed by atoms with Gasteiger partial charge in [-0.05, 0) is 48.0 Å². The zero-order valence-electron chi connectivity index (χ0n) is 13.4. The largest absolute Gasteiger partial charge is 0.505 e. The van der Waals surface area contributed by atoms with E-state index in [4.69, 9.17) is 0 Å². The molecule has 2 aromatic heterocycles. The Morgan fingerprint density at radius 3 is 2.38 bits per heavy atom. The molecule has 0 bridgehead atoms. The molecule has 0 aliphatic heterocycles. The van der Waals surface area contributed by atoms with E-state index in [9.17, 15) is 19.4 Å². The highest BCUT2D eigenvalue weighted by molar-refractivity contribution is 6.00. The van der Waals surface area contributed by atoms with Crippen molar-refractivity contribution in [3.8, 4) is 22.7 Å². The highest BCUT2D eigenvalue weighted by atomic mass is 19.1. The molecule has 0 atom stereocenters. The van der Waals surface area contributed by atoms with Gasteiger partial charge in [-0.2, -0.15) is 0 Å². The fourth-order valence-corrected chi connectivity index (χ4v) is 3.00. The number of hydrogen-bond donors (Lipinski definition) is 2. The van der Waals surface area contributed by atoms with Crippen LogP contribution >= 0.6 is 0 Å². The predicted molar refractivity (Wildman–Crippen MR) is 95.1 cm³/mol. The van der Waals surface area contributed by atoms with Crippen molar-refractivity contribution in [3.63, 3.8) is 0 Å². The van der Waals surface area contributed by atoms with Crippen LogP contribution in [0.15, 0.2) is 66.9 Å². The van der Waals surface area contributed by atoms with E-state index in [1.165, 1.54) is 18.3 Å². The molecule has 0 saturated heterocycles. The van der Waals surface area contributed by atoms with Crippen molar-refractivity contribution in [1.82, 2.24) is 9.55 Å². The molecule has 0 saturated carbocycles. The number of aromatic nitrogens is 2. The highest BCUT2D eigenvalue weighted by Crippen LogP contribution is 2.36. The zero-order chi connectivity index (χ0) is 18.3. The molecule has 0 aliphatic rings. The van der Waals surface area contributed by atoms with Gasteiger partial charge in [0, 0.05) is 11.1 Å². The number of halogens is 1. The van der Waals surface area contributed by atoms with Crippen molar-refractivity contribution >= 4 is 16.9 Å². The van der Waals surface area contributed by atoms with Crippen molar-refractivity contribution in [2.45, 2.75) is 0 Å². The third-order valence-electron chi connectivity index (χ3n) is 4.19. The molecule has 0 amide bonds. The molecule has 26 heavy (non-hydrogen) atoms. The van der Waals surface area contributed by atoms with Crippen molar-refractivity contribution in [3.05, 3.63) is 78.4 Å². The Morgan fingerprint density at radius 1 is 1.04 bits per heavy atom. The third-order valence-corrected chi connectivity index (χ3v) is 4.19. The van der Waals surface area contributed by atoms with Crippen LogP contribution in [-0.4, -0.2) is 25.7 Å². The predicted octanol–water partition coefficient (Wildman–Crippen LogP) is 4.24. The molecule has 0 spiro atoms. The maximum atomic E-state index is 13.3. The number of benzene rings is 2. The second kappa shape index (κ2) is 6.00. The lowest BCUT2D eigenvalue weighted by atomic mass is 10.1. The maximum Gasteiger partial charge on any atom is 0.358 e. The summed E-state index contributed by atoms with van der Waals surface area (Å²) < 4.78 is 15.2. The molecule has 0 aliphatic carbocycles. The number of fused-ring (bicyclic) bond motifs is 1. The summed E-state index contributed by atoms with van der Waals surface area (Å²) in [5.41, 5.74) is 2.37. The van der Waals surface area contributed by atoms with Crippen LogP contribution in [-0.2, 0) is 0 Å². The quantitative estimate of drug-likeness (QED) is 0.581. The topological polar surface area (TPSA) is 75.3 Å². The van der Waals surface area contributed by atoms with E-state index < -0.39 is 17.4 Å². The first-order valence-corrected chi connectivity index (χ1v) is 7.84. The summed E-state index contributed by atoms with van der Waals surface area (Å²) in [5.74, 6) is -2.05. The molecule has 6 heteroatoms. The van der Waals surface area contributed by atoms with Gasteiger partial charge in [0.2, 0.25) is 0 Å². The van der Waals surface area contributed by atoms with Crippen LogP contribution in [0.2, 0.25) is 0 Å². The summed E-state index contributed by atoms with van der Waals surface area (Å²) in [6, 6.07) is 17.0. The summed E-state index contributed by atoms with van der Waals surface area (Å²) in [7, 11) is 0. The van der Waals surface area contributed by atoms with Crippen LogP contribution in [0.1, 0.15) is 10.5 Å². The molecule has 128 valence electrons. The highest BCUT2D eigenvalue weighted by Gasteiger charge is 2.20. The number of carboxylic acid groups (broad SMARTS) is 1. The number of aromatic carboxylic acids is 1. The van der Waals surface area contributed by atoms with Gasteiger partial charge in [-0.3, -0.25) is 0 Å². The molecule has 0 unspecified atom stereocenters. The van der Waals surface area contributed by atoms with Gasteiger partial charge in [0.05, 0.1) is 17.4 Å². The summed E-state index contributed by atoms with van der Waals surface area (Å²) in [6.07, 6.45) is 1.42. The van der Waals surface area contributed by atoms with Gasteiger partial charge in [-0.25, -0.2) is 14.2 Å². The minimum absolute atomic E-state index is 0.353. The van der Waals surface area contributed by atoms with E-state index in [1.54, 1.807) is 18.2 Å². The van der Waals surface area contributed by atoms with E-state index in [-0.39, 0.29) is 5.82 Å². The first-order valence-electron chi connectivity index (χ1n) is 7.84. The molecule has 4 rings (SSSR count). The number of carboxylic acids is 1. The zero-order valence-corrected chi connectivity index (χ0v) is 13.4. The number of aromatic hydroxyl groups is 1. The van der Waals surface area contributed by atoms with Crippen LogP contribution in [0, 0.1) is 5.82 Å². The van der Waals surface area contributed by atoms with Crippen LogP contribution in [0.4, 0.5) is 4.39 Å². The molecule has 2 heterocycles. The van der Waals surface area contributed by atoms with Gasteiger partial charge in [-0.15, -0.1) is 0 Å². The first-order chi connectivity index (χ1) is 12.6. The molecule has 0 fully saturated rings. The van der Waals surface area contributed by atoms with E-state index in [1.807, 2.05) is 34.9 Å². The Hall–Kier alpha value is -3.67. The summed E-state index contributed by atoms with van der Waals surface area (Å²) in [5, 5.41) is 19.9. The molecular formula is C20H13FN2O3. The van der Waals surface area contributed by atoms with Crippen molar-refractivity contribution in [1.29, 1.82) is 0 Å². The van der Waals surface area contributed by atoms with Gasteiger partial charge < -0.3 is 14.8 Å². The molecule has 2 N–H and O–H groups in total. The smallest absolute Gasteiger partial charge is 0.358 e. The maximum absolute atomic E-state index is 13.3. The lowest BCUT2D eigenvalue weighted by Crippen LogP contribution is -2.01. The van der Waals surface area contributed by atoms with E-state index in [0.29, 0.717) is 16.6 Å². The molecule has 5 nitrogen and oxygen atoms in total. The van der Waals surface area contributed by atoms with Gasteiger partial charge in [0.15, 0.2) is 11.4 Å². The van der Waals surface area contributed by atoms with Crippen molar-refractivity contribution < 1.29 is 19.4 Å². The summed E-state index contributed by atoms with van der Waals surface area (Å²) in [6.45, 7) is 0. The fraction of sp³-hybridized carbons (Fsp3) is 0. The Labute approximate surface area is 147 Å². The van der Waals surface area contributed by atoms with Crippen LogP contribution in [0.25, 0.3) is 27.8 Å². The number of nitrogens with zero attached hydrogens (tertiary/aromatic N) is 2. The molecule has 0 radical (unpaired) electrons. The standard InChI is InChI=1S/C20H13FN2O3/c21-13-8-6-12(7-9-13)16-10-15-17(11-22-18(19(15)24)20(25)26)23(16)14-4-2-1-3-5-14/h1-11,24H,(H,25,26). The van der Waals surface area contributed by atoms with Gasteiger partial charge in [0.25, 0.3) is 0 Å². The summed E-state index contributed by atoms with van der Waals surface area (Å²) >= 11 is 0.